The zero-order valence-corrected chi connectivity index (χ0v) is 9.80. The second-order valence-corrected chi connectivity index (χ2v) is 5.20. The van der Waals surface area contributed by atoms with Gasteiger partial charge in [0.1, 0.15) is 5.75 Å². The van der Waals surface area contributed by atoms with E-state index in [4.69, 9.17) is 0 Å². The summed E-state index contributed by atoms with van der Waals surface area (Å²) in [4.78, 5) is 0.182. The van der Waals surface area contributed by atoms with Crippen LogP contribution in [0.5, 0.6) is 5.75 Å². The Bertz CT molecular complexity index is 288. The average Bonchev–Trinajstić information content (AvgIpc) is 2.02. The molecule has 72 valence electrons. The van der Waals surface area contributed by atoms with Gasteiger partial charge in [0.2, 0.25) is 0 Å². The van der Waals surface area contributed by atoms with E-state index in [1.165, 1.54) is 0 Å². The lowest BCUT2D eigenvalue weighted by Crippen LogP contribution is -2.12. The molecule has 1 atom stereocenters. The van der Waals surface area contributed by atoms with Crippen LogP contribution in [0.1, 0.15) is 31.2 Å². The summed E-state index contributed by atoms with van der Waals surface area (Å²) in [5.41, 5.74) is 1.06. The van der Waals surface area contributed by atoms with Crippen LogP contribution in [0.3, 0.4) is 0 Å². The molecular weight excluding hydrogens is 228 g/mol. The third-order valence-electron chi connectivity index (χ3n) is 1.97. The van der Waals surface area contributed by atoms with Crippen molar-refractivity contribution in [2.75, 3.05) is 0 Å². The lowest BCUT2D eigenvalue weighted by molar-refractivity contribution is 0.391. The lowest BCUT2D eigenvalue weighted by Gasteiger charge is -2.26. The topological polar surface area (TPSA) is 20.2 Å². The van der Waals surface area contributed by atoms with Crippen molar-refractivity contribution in [1.82, 2.24) is 0 Å². The second-order valence-electron chi connectivity index (χ2n) is 4.29. The highest BCUT2D eigenvalue weighted by molar-refractivity contribution is 9.09. The molecule has 1 unspecified atom stereocenters. The quantitative estimate of drug-likeness (QED) is 0.742. The summed E-state index contributed by atoms with van der Waals surface area (Å²) in [6.07, 6.45) is 0. The molecule has 0 saturated carbocycles. The van der Waals surface area contributed by atoms with Crippen molar-refractivity contribution in [3.63, 3.8) is 0 Å². The Morgan fingerprint density at radius 3 is 2.23 bits per heavy atom. The molecule has 0 aliphatic carbocycles. The number of phenolic OH excluding ortho intramolecular Hbond substituents is 1. The molecule has 1 aromatic carbocycles. The summed E-state index contributed by atoms with van der Waals surface area (Å²) < 4.78 is 0. The Morgan fingerprint density at radius 1 is 1.23 bits per heavy atom. The molecule has 0 fully saturated rings. The number of rotatable bonds is 1. The zero-order valence-electron chi connectivity index (χ0n) is 8.21. The van der Waals surface area contributed by atoms with E-state index in [2.05, 4.69) is 36.7 Å². The second kappa shape index (κ2) is 3.70. The largest absolute Gasteiger partial charge is 0.508 e. The van der Waals surface area contributed by atoms with Crippen molar-refractivity contribution in [3.05, 3.63) is 29.8 Å². The Hall–Kier alpha value is -0.500. The minimum atomic E-state index is 0.110. The molecule has 13 heavy (non-hydrogen) atoms. The molecule has 0 bridgehead atoms. The Labute approximate surface area is 87.9 Å². The van der Waals surface area contributed by atoms with Crippen LogP contribution in [-0.2, 0) is 0 Å². The molecular formula is C11H15BrO. The number of benzene rings is 1. The van der Waals surface area contributed by atoms with Gasteiger partial charge in [0.05, 0.1) is 0 Å². The Balaban J connectivity index is 3.02. The number of alkyl halides is 1. The highest BCUT2D eigenvalue weighted by atomic mass is 79.9. The highest BCUT2D eigenvalue weighted by Gasteiger charge is 2.25. The van der Waals surface area contributed by atoms with E-state index >= 15 is 0 Å². The summed E-state index contributed by atoms with van der Waals surface area (Å²) >= 11 is 3.60. The SMILES string of the molecule is CC(C)(C)C(Br)c1ccccc1O. The number of phenols is 1. The smallest absolute Gasteiger partial charge is 0.119 e. The molecule has 2 heteroatoms. The normalized spacial score (nSPS) is 14.2. The van der Waals surface area contributed by atoms with Gasteiger partial charge in [-0.2, -0.15) is 0 Å². The maximum absolute atomic E-state index is 9.61. The minimum Gasteiger partial charge on any atom is -0.508 e. The first-order chi connectivity index (χ1) is 5.93. The van der Waals surface area contributed by atoms with Crippen LogP contribution in [0.2, 0.25) is 0 Å². The first-order valence-corrected chi connectivity index (χ1v) is 5.26. The van der Waals surface area contributed by atoms with Crippen molar-refractivity contribution in [2.45, 2.75) is 25.6 Å². The maximum Gasteiger partial charge on any atom is 0.119 e. The Morgan fingerprint density at radius 2 is 1.77 bits per heavy atom. The van der Waals surface area contributed by atoms with Crippen LogP contribution < -0.4 is 0 Å². The van der Waals surface area contributed by atoms with E-state index in [9.17, 15) is 5.11 Å². The Kier molecular flexibility index (Phi) is 3.01. The number of hydrogen-bond donors (Lipinski definition) is 1. The van der Waals surface area contributed by atoms with Crippen LogP contribution in [0.15, 0.2) is 24.3 Å². The number of aromatic hydroxyl groups is 1. The molecule has 0 aliphatic heterocycles. The van der Waals surface area contributed by atoms with Crippen molar-refractivity contribution in [1.29, 1.82) is 0 Å². The van der Waals surface area contributed by atoms with E-state index in [1.54, 1.807) is 6.07 Å². The molecule has 0 radical (unpaired) electrons. The predicted octanol–water partition coefficient (Wildman–Crippen LogP) is 3.87. The molecule has 0 amide bonds. The van der Waals surface area contributed by atoms with Crippen molar-refractivity contribution < 1.29 is 5.11 Å². The van der Waals surface area contributed by atoms with Crippen molar-refractivity contribution in [3.8, 4) is 5.75 Å². The van der Waals surface area contributed by atoms with Gasteiger partial charge in [-0.15, -0.1) is 0 Å². The fourth-order valence-electron chi connectivity index (χ4n) is 1.17. The molecule has 0 aromatic heterocycles. The molecule has 0 aliphatic rings. The first-order valence-electron chi connectivity index (χ1n) is 4.35. The van der Waals surface area contributed by atoms with Gasteiger partial charge >= 0.3 is 0 Å². The van der Waals surface area contributed by atoms with Gasteiger partial charge in [-0.05, 0) is 11.5 Å². The summed E-state index contributed by atoms with van der Waals surface area (Å²) in [5.74, 6) is 0.360. The van der Waals surface area contributed by atoms with Gasteiger partial charge in [0.15, 0.2) is 0 Å². The number of hydrogen-bond acceptors (Lipinski definition) is 1. The summed E-state index contributed by atoms with van der Waals surface area (Å²) in [7, 11) is 0. The third kappa shape index (κ3) is 2.47. The van der Waals surface area contributed by atoms with E-state index in [0.29, 0.717) is 5.75 Å². The van der Waals surface area contributed by atoms with Crippen LogP contribution in [0.25, 0.3) is 0 Å². The van der Waals surface area contributed by atoms with Gasteiger partial charge in [-0.25, -0.2) is 0 Å². The fraction of sp³-hybridized carbons (Fsp3) is 0.455. The number of halogens is 1. The van der Waals surface area contributed by atoms with Gasteiger partial charge < -0.3 is 5.11 Å². The molecule has 0 spiro atoms. The molecule has 0 saturated heterocycles. The standard InChI is InChI=1S/C11H15BrO/c1-11(2,3)10(12)8-6-4-5-7-9(8)13/h4-7,10,13H,1-3H3. The lowest BCUT2D eigenvalue weighted by atomic mass is 9.87. The molecule has 0 heterocycles. The van der Waals surface area contributed by atoms with Crippen molar-refractivity contribution >= 4 is 15.9 Å². The predicted molar refractivity (Wildman–Crippen MR) is 59.2 cm³/mol. The molecule has 1 nitrogen and oxygen atoms in total. The van der Waals surface area contributed by atoms with Gasteiger partial charge in [-0.3, -0.25) is 0 Å². The zero-order chi connectivity index (χ0) is 10.1. The molecule has 1 aromatic rings. The third-order valence-corrected chi connectivity index (χ3v) is 3.84. The van der Waals surface area contributed by atoms with Gasteiger partial charge in [0.25, 0.3) is 0 Å². The van der Waals surface area contributed by atoms with Crippen LogP contribution in [-0.4, -0.2) is 5.11 Å². The monoisotopic (exact) mass is 242 g/mol. The summed E-state index contributed by atoms with van der Waals surface area (Å²) in [6.45, 7) is 6.41. The summed E-state index contributed by atoms with van der Waals surface area (Å²) in [6, 6.07) is 7.44. The van der Waals surface area contributed by atoms with E-state index in [1.807, 2.05) is 18.2 Å². The average molecular weight is 243 g/mol. The highest BCUT2D eigenvalue weighted by Crippen LogP contribution is 2.43. The van der Waals surface area contributed by atoms with E-state index in [0.717, 1.165) is 5.56 Å². The van der Waals surface area contributed by atoms with Crippen LogP contribution >= 0.6 is 15.9 Å². The van der Waals surface area contributed by atoms with E-state index < -0.39 is 0 Å². The minimum absolute atomic E-state index is 0.110. The van der Waals surface area contributed by atoms with Gasteiger partial charge in [-0.1, -0.05) is 54.9 Å². The van der Waals surface area contributed by atoms with E-state index in [-0.39, 0.29) is 10.2 Å². The summed E-state index contributed by atoms with van der Waals surface area (Å²) in [5, 5.41) is 9.61. The van der Waals surface area contributed by atoms with Gasteiger partial charge in [0, 0.05) is 10.4 Å². The fourth-order valence-corrected chi connectivity index (χ4v) is 1.56. The molecule has 1 N–H and O–H groups in total. The van der Waals surface area contributed by atoms with Crippen molar-refractivity contribution in [2.24, 2.45) is 5.41 Å². The molecule has 1 rings (SSSR count). The maximum atomic E-state index is 9.61. The van der Waals surface area contributed by atoms with Crippen LogP contribution in [0, 0.1) is 5.41 Å². The van der Waals surface area contributed by atoms with Crippen LogP contribution in [0.4, 0.5) is 0 Å². The first kappa shape index (κ1) is 10.6. The number of para-hydroxylation sites is 1.